The molecule has 156 valence electrons. The minimum atomic E-state index is -0.333. The van der Waals surface area contributed by atoms with Crippen LogP contribution in [0.2, 0.25) is 0 Å². The molecule has 2 unspecified atom stereocenters. The molecule has 1 aliphatic heterocycles. The highest BCUT2D eigenvalue weighted by Gasteiger charge is 2.24. The zero-order chi connectivity index (χ0) is 20.8. The largest absolute Gasteiger partial charge is 0.456 e. The van der Waals surface area contributed by atoms with Gasteiger partial charge < -0.3 is 9.47 Å². The zero-order valence-electron chi connectivity index (χ0n) is 17.7. The van der Waals surface area contributed by atoms with Gasteiger partial charge in [0.1, 0.15) is 11.9 Å². The van der Waals surface area contributed by atoms with E-state index in [0.29, 0.717) is 23.8 Å². The maximum atomic E-state index is 14.6. The van der Waals surface area contributed by atoms with Crippen molar-refractivity contribution in [3.63, 3.8) is 0 Å². The predicted molar refractivity (Wildman–Crippen MR) is 114 cm³/mol. The molecule has 2 atom stereocenters. The van der Waals surface area contributed by atoms with E-state index in [1.807, 2.05) is 31.2 Å². The fourth-order valence-corrected chi connectivity index (χ4v) is 3.95. The number of ether oxygens (including phenoxy) is 2. The first-order chi connectivity index (χ1) is 14.0. The van der Waals surface area contributed by atoms with E-state index in [4.69, 9.17) is 9.47 Å². The first-order valence-corrected chi connectivity index (χ1v) is 10.7. The van der Waals surface area contributed by atoms with Crippen molar-refractivity contribution in [2.75, 3.05) is 6.61 Å². The summed E-state index contributed by atoms with van der Waals surface area (Å²) in [5.41, 5.74) is 3.65. The average Bonchev–Trinajstić information content (AvgIpc) is 2.73. The van der Waals surface area contributed by atoms with Crippen LogP contribution in [0.25, 0.3) is 11.1 Å². The van der Waals surface area contributed by atoms with E-state index < -0.39 is 0 Å². The summed E-state index contributed by atoms with van der Waals surface area (Å²) in [4.78, 5) is 12.5. The molecule has 1 aliphatic rings. The Kier molecular flexibility index (Phi) is 7.43. The lowest BCUT2D eigenvalue weighted by Gasteiger charge is -2.28. The van der Waals surface area contributed by atoms with Gasteiger partial charge in [0.05, 0.1) is 18.3 Å². The van der Waals surface area contributed by atoms with Gasteiger partial charge in [0.2, 0.25) is 0 Å². The van der Waals surface area contributed by atoms with Gasteiger partial charge in [-0.25, -0.2) is 9.18 Å². The van der Waals surface area contributed by atoms with Crippen LogP contribution in [0, 0.1) is 12.7 Å². The number of aryl methyl sites for hydroxylation is 1. The Bertz CT molecular complexity index is 821. The Balaban J connectivity index is 1.64. The molecule has 0 aliphatic carbocycles. The van der Waals surface area contributed by atoms with Crippen molar-refractivity contribution < 1.29 is 18.7 Å². The van der Waals surface area contributed by atoms with Crippen molar-refractivity contribution >= 4 is 5.97 Å². The Labute approximate surface area is 173 Å². The summed E-state index contributed by atoms with van der Waals surface area (Å²) in [7, 11) is 0. The molecule has 0 saturated carbocycles. The van der Waals surface area contributed by atoms with Crippen molar-refractivity contribution in [2.45, 2.75) is 71.5 Å². The summed E-state index contributed by atoms with van der Waals surface area (Å²) in [6.45, 7) is 6.47. The molecule has 3 nitrogen and oxygen atoms in total. The molecule has 1 saturated heterocycles. The maximum Gasteiger partial charge on any atom is 0.338 e. The van der Waals surface area contributed by atoms with Gasteiger partial charge in [0, 0.05) is 0 Å². The Morgan fingerprint density at radius 1 is 1.10 bits per heavy atom. The first kappa shape index (κ1) is 21.5. The van der Waals surface area contributed by atoms with E-state index >= 15 is 0 Å². The molecule has 0 bridgehead atoms. The predicted octanol–water partition coefficient (Wildman–Crippen LogP) is 6.26. The Hall–Kier alpha value is -2.20. The number of carbonyl (C=O) groups excluding carboxylic acids is 1. The Morgan fingerprint density at radius 3 is 2.48 bits per heavy atom. The monoisotopic (exact) mass is 398 g/mol. The van der Waals surface area contributed by atoms with E-state index in [9.17, 15) is 9.18 Å². The molecular formula is C25H31FO3. The SMILES string of the molecule is CCCc1ccc(-c2ccc(C(=O)OC3CCC(CCC)OC3)cc2)c(C)c1F. The second-order valence-electron chi connectivity index (χ2n) is 7.89. The van der Waals surface area contributed by atoms with Crippen LogP contribution < -0.4 is 0 Å². The minimum Gasteiger partial charge on any atom is -0.456 e. The first-order valence-electron chi connectivity index (χ1n) is 10.7. The number of carbonyl (C=O) groups is 1. The summed E-state index contributed by atoms with van der Waals surface area (Å²) in [6, 6.07) is 11.0. The fraction of sp³-hybridized carbons (Fsp3) is 0.480. The number of hydrogen-bond donors (Lipinski definition) is 0. The van der Waals surface area contributed by atoms with Gasteiger partial charge >= 0.3 is 5.97 Å². The van der Waals surface area contributed by atoms with Gasteiger partial charge in [0.25, 0.3) is 0 Å². The highest BCUT2D eigenvalue weighted by Crippen LogP contribution is 2.28. The molecule has 0 amide bonds. The number of halogens is 1. The Morgan fingerprint density at radius 2 is 1.86 bits per heavy atom. The molecule has 0 N–H and O–H groups in total. The molecule has 0 aromatic heterocycles. The molecule has 1 fully saturated rings. The van der Waals surface area contributed by atoms with Crippen molar-refractivity contribution in [2.24, 2.45) is 0 Å². The van der Waals surface area contributed by atoms with E-state index in [1.54, 1.807) is 19.1 Å². The van der Waals surface area contributed by atoms with Gasteiger partial charge in [-0.05, 0) is 67.0 Å². The van der Waals surface area contributed by atoms with Crippen molar-refractivity contribution in [1.82, 2.24) is 0 Å². The number of hydrogen-bond acceptors (Lipinski definition) is 3. The van der Waals surface area contributed by atoms with Crippen molar-refractivity contribution in [1.29, 1.82) is 0 Å². The highest BCUT2D eigenvalue weighted by atomic mass is 19.1. The van der Waals surface area contributed by atoms with Crippen LogP contribution in [0.1, 0.15) is 67.4 Å². The molecule has 0 radical (unpaired) electrons. The van der Waals surface area contributed by atoms with Gasteiger partial charge in [-0.1, -0.05) is 51.0 Å². The van der Waals surface area contributed by atoms with E-state index in [1.165, 1.54) is 0 Å². The lowest BCUT2D eigenvalue weighted by Crippen LogP contribution is -2.32. The van der Waals surface area contributed by atoms with Crippen LogP contribution >= 0.6 is 0 Å². The summed E-state index contributed by atoms with van der Waals surface area (Å²) in [5.74, 6) is -0.466. The van der Waals surface area contributed by atoms with Gasteiger partial charge in [-0.3, -0.25) is 0 Å². The quantitative estimate of drug-likeness (QED) is 0.517. The molecule has 3 rings (SSSR count). The highest BCUT2D eigenvalue weighted by molar-refractivity contribution is 5.90. The summed E-state index contributed by atoms with van der Waals surface area (Å²) in [6.07, 6.45) is 5.70. The standard InChI is InChI=1S/C25H31FO3/c1-4-6-19-12-15-23(17(3)24(19)26)18-8-10-20(11-9-18)25(27)29-22-14-13-21(7-5-2)28-16-22/h8-12,15,21-22H,4-7,13-14,16H2,1-3H3. The van der Waals surface area contributed by atoms with Crippen LogP contribution in [0.4, 0.5) is 4.39 Å². The molecular weight excluding hydrogens is 367 g/mol. The van der Waals surface area contributed by atoms with Crippen LogP contribution in [0.15, 0.2) is 36.4 Å². The van der Waals surface area contributed by atoms with Gasteiger partial charge in [-0.15, -0.1) is 0 Å². The molecule has 2 aromatic rings. The lowest BCUT2D eigenvalue weighted by molar-refractivity contribution is -0.0687. The number of esters is 1. The summed E-state index contributed by atoms with van der Waals surface area (Å²) < 4.78 is 26.0. The van der Waals surface area contributed by atoms with E-state index in [2.05, 4.69) is 6.92 Å². The van der Waals surface area contributed by atoms with Crippen LogP contribution in [0.3, 0.4) is 0 Å². The number of rotatable bonds is 7. The summed E-state index contributed by atoms with van der Waals surface area (Å²) >= 11 is 0. The third-order valence-electron chi connectivity index (χ3n) is 5.63. The van der Waals surface area contributed by atoms with Gasteiger partial charge in [-0.2, -0.15) is 0 Å². The lowest BCUT2D eigenvalue weighted by atomic mass is 9.95. The zero-order valence-corrected chi connectivity index (χ0v) is 17.7. The fourth-order valence-electron chi connectivity index (χ4n) is 3.95. The third-order valence-corrected chi connectivity index (χ3v) is 5.63. The summed E-state index contributed by atoms with van der Waals surface area (Å²) in [5, 5.41) is 0. The number of benzene rings is 2. The molecule has 29 heavy (non-hydrogen) atoms. The molecule has 1 heterocycles. The van der Waals surface area contributed by atoms with Crippen LogP contribution in [0.5, 0.6) is 0 Å². The second-order valence-corrected chi connectivity index (χ2v) is 7.89. The van der Waals surface area contributed by atoms with Crippen LogP contribution in [-0.4, -0.2) is 24.8 Å². The smallest absolute Gasteiger partial charge is 0.338 e. The van der Waals surface area contributed by atoms with Gasteiger partial charge in [0.15, 0.2) is 0 Å². The maximum absolute atomic E-state index is 14.6. The molecule has 2 aromatic carbocycles. The normalized spacial score (nSPS) is 19.2. The third kappa shape index (κ3) is 5.24. The average molecular weight is 399 g/mol. The van der Waals surface area contributed by atoms with E-state index in [0.717, 1.165) is 55.2 Å². The van der Waals surface area contributed by atoms with E-state index in [-0.39, 0.29) is 17.9 Å². The molecule has 4 heteroatoms. The topological polar surface area (TPSA) is 35.5 Å². The van der Waals surface area contributed by atoms with Crippen molar-refractivity contribution in [3.8, 4) is 11.1 Å². The molecule has 0 spiro atoms. The second kappa shape index (κ2) is 10.0. The van der Waals surface area contributed by atoms with Crippen molar-refractivity contribution in [3.05, 3.63) is 58.9 Å². The minimum absolute atomic E-state index is 0.133. The van der Waals surface area contributed by atoms with Crippen LogP contribution in [-0.2, 0) is 15.9 Å².